The third kappa shape index (κ3) is 6.31. The number of hydrogen-bond donors (Lipinski definition) is 2. The van der Waals surface area contributed by atoms with E-state index in [0.717, 1.165) is 25.5 Å². The van der Waals surface area contributed by atoms with Crippen LogP contribution in [0.5, 0.6) is 0 Å². The molecule has 120 valence electrons. The first-order valence-corrected chi connectivity index (χ1v) is 8.16. The Bertz CT molecular complexity index is 569. The number of aryl methyl sites for hydroxylation is 1. The van der Waals surface area contributed by atoms with Crippen LogP contribution in [-0.4, -0.2) is 24.0 Å². The SMILES string of the molecule is CCNC(=NCc1ccsc1)NCCc1ccncc1C.I. The Morgan fingerprint density at radius 3 is 2.86 bits per heavy atom. The van der Waals surface area contributed by atoms with Crippen molar-refractivity contribution in [2.24, 2.45) is 4.99 Å². The van der Waals surface area contributed by atoms with Gasteiger partial charge in [0.2, 0.25) is 0 Å². The van der Waals surface area contributed by atoms with Gasteiger partial charge in [-0.25, -0.2) is 4.99 Å². The Labute approximate surface area is 153 Å². The Balaban J connectivity index is 0.00000242. The fourth-order valence-corrected chi connectivity index (χ4v) is 2.65. The smallest absolute Gasteiger partial charge is 0.191 e. The third-order valence-electron chi connectivity index (χ3n) is 3.17. The molecular formula is C16H23IN4S. The molecule has 2 rings (SSSR count). The first kappa shape index (κ1) is 18.9. The minimum absolute atomic E-state index is 0. The topological polar surface area (TPSA) is 49.3 Å². The first-order valence-electron chi connectivity index (χ1n) is 7.22. The molecule has 0 aliphatic carbocycles. The van der Waals surface area contributed by atoms with Gasteiger partial charge in [-0.2, -0.15) is 11.3 Å². The maximum absolute atomic E-state index is 4.60. The van der Waals surface area contributed by atoms with Crippen LogP contribution in [0.1, 0.15) is 23.6 Å². The maximum atomic E-state index is 4.60. The van der Waals surface area contributed by atoms with Crippen LogP contribution in [0.4, 0.5) is 0 Å². The third-order valence-corrected chi connectivity index (χ3v) is 3.90. The van der Waals surface area contributed by atoms with E-state index >= 15 is 0 Å². The molecule has 2 aromatic heterocycles. The highest BCUT2D eigenvalue weighted by Gasteiger charge is 2.00. The lowest BCUT2D eigenvalue weighted by Crippen LogP contribution is -2.38. The van der Waals surface area contributed by atoms with Crippen LogP contribution >= 0.6 is 35.3 Å². The molecule has 0 bridgehead atoms. The van der Waals surface area contributed by atoms with Crippen LogP contribution in [0.3, 0.4) is 0 Å². The predicted octanol–water partition coefficient (Wildman–Crippen LogP) is 3.37. The summed E-state index contributed by atoms with van der Waals surface area (Å²) in [6.07, 6.45) is 4.72. The monoisotopic (exact) mass is 430 g/mol. The van der Waals surface area contributed by atoms with Crippen molar-refractivity contribution in [2.75, 3.05) is 13.1 Å². The summed E-state index contributed by atoms with van der Waals surface area (Å²) in [5, 5.41) is 10.9. The molecule has 0 aromatic carbocycles. The van der Waals surface area contributed by atoms with E-state index in [1.807, 2.05) is 12.4 Å². The number of halogens is 1. The minimum atomic E-state index is 0. The van der Waals surface area contributed by atoms with Crippen LogP contribution in [-0.2, 0) is 13.0 Å². The van der Waals surface area contributed by atoms with Crippen molar-refractivity contribution in [3.8, 4) is 0 Å². The van der Waals surface area contributed by atoms with Crippen LogP contribution < -0.4 is 10.6 Å². The number of nitrogens with zero attached hydrogens (tertiary/aromatic N) is 2. The summed E-state index contributed by atoms with van der Waals surface area (Å²) in [7, 11) is 0. The van der Waals surface area contributed by atoms with Gasteiger partial charge in [-0.15, -0.1) is 24.0 Å². The van der Waals surface area contributed by atoms with Crippen molar-refractivity contribution in [3.05, 3.63) is 52.0 Å². The number of aliphatic imine (C=N–C) groups is 1. The van der Waals surface area contributed by atoms with E-state index in [-0.39, 0.29) is 24.0 Å². The van der Waals surface area contributed by atoms with Crippen molar-refractivity contribution in [3.63, 3.8) is 0 Å². The van der Waals surface area contributed by atoms with Gasteiger partial charge in [-0.05, 0) is 59.9 Å². The van der Waals surface area contributed by atoms with Gasteiger partial charge in [0.05, 0.1) is 6.54 Å². The Morgan fingerprint density at radius 1 is 1.32 bits per heavy atom. The van der Waals surface area contributed by atoms with Gasteiger partial charge >= 0.3 is 0 Å². The first-order chi connectivity index (χ1) is 10.3. The quantitative estimate of drug-likeness (QED) is 0.420. The summed E-state index contributed by atoms with van der Waals surface area (Å²) in [5.74, 6) is 0.871. The number of hydrogen-bond acceptors (Lipinski definition) is 3. The molecule has 0 aliphatic rings. The van der Waals surface area contributed by atoms with E-state index in [9.17, 15) is 0 Å². The summed E-state index contributed by atoms with van der Waals surface area (Å²) in [6, 6.07) is 4.19. The molecule has 6 heteroatoms. The lowest BCUT2D eigenvalue weighted by atomic mass is 10.1. The second-order valence-corrected chi connectivity index (χ2v) is 5.59. The van der Waals surface area contributed by atoms with E-state index in [1.54, 1.807) is 11.3 Å². The zero-order chi connectivity index (χ0) is 14.9. The highest BCUT2D eigenvalue weighted by atomic mass is 127. The number of nitrogens with one attached hydrogen (secondary N) is 2. The molecule has 0 spiro atoms. The molecule has 2 N–H and O–H groups in total. The number of guanidine groups is 1. The summed E-state index contributed by atoms with van der Waals surface area (Å²) < 4.78 is 0. The van der Waals surface area contributed by atoms with Gasteiger partial charge in [0, 0.05) is 25.5 Å². The summed E-state index contributed by atoms with van der Waals surface area (Å²) in [6.45, 7) is 6.62. The molecular weight excluding hydrogens is 407 g/mol. The molecule has 0 amide bonds. The standard InChI is InChI=1S/C16H22N4S.HI/c1-3-18-16(20-11-14-6-9-21-12-14)19-8-5-15-4-7-17-10-13(15)2;/h4,6-7,9-10,12H,3,5,8,11H2,1-2H3,(H2,18,19,20);1H. The van der Waals surface area contributed by atoms with Crippen molar-refractivity contribution in [2.45, 2.75) is 26.8 Å². The fourth-order valence-electron chi connectivity index (χ4n) is 1.99. The van der Waals surface area contributed by atoms with Gasteiger partial charge in [0.25, 0.3) is 0 Å². The lowest BCUT2D eigenvalue weighted by Gasteiger charge is -2.11. The van der Waals surface area contributed by atoms with Gasteiger partial charge in [0.1, 0.15) is 0 Å². The second kappa shape index (κ2) is 10.6. The molecule has 0 saturated heterocycles. The van der Waals surface area contributed by atoms with Crippen molar-refractivity contribution in [1.29, 1.82) is 0 Å². The molecule has 2 heterocycles. The van der Waals surface area contributed by atoms with E-state index in [1.165, 1.54) is 16.7 Å². The maximum Gasteiger partial charge on any atom is 0.191 e. The Kier molecular flexibility index (Phi) is 9.07. The zero-order valence-electron chi connectivity index (χ0n) is 13.0. The Morgan fingerprint density at radius 2 is 2.18 bits per heavy atom. The summed E-state index contributed by atoms with van der Waals surface area (Å²) in [4.78, 5) is 8.72. The predicted molar refractivity (Wildman–Crippen MR) is 105 cm³/mol. The fraction of sp³-hybridized carbons (Fsp3) is 0.375. The highest BCUT2D eigenvalue weighted by molar-refractivity contribution is 14.0. The number of pyridine rings is 1. The number of rotatable bonds is 6. The minimum Gasteiger partial charge on any atom is -0.357 e. The molecule has 0 aliphatic heterocycles. The average molecular weight is 430 g/mol. The van der Waals surface area contributed by atoms with Crippen LogP contribution in [0.2, 0.25) is 0 Å². The van der Waals surface area contributed by atoms with Gasteiger partial charge in [-0.1, -0.05) is 0 Å². The van der Waals surface area contributed by atoms with E-state index in [4.69, 9.17) is 0 Å². The normalized spacial score (nSPS) is 10.9. The van der Waals surface area contributed by atoms with Gasteiger partial charge < -0.3 is 10.6 Å². The van der Waals surface area contributed by atoms with E-state index < -0.39 is 0 Å². The van der Waals surface area contributed by atoms with Crippen LogP contribution in [0, 0.1) is 6.92 Å². The average Bonchev–Trinajstić information content (AvgIpc) is 3.00. The van der Waals surface area contributed by atoms with Crippen molar-refractivity contribution in [1.82, 2.24) is 15.6 Å². The number of aromatic nitrogens is 1. The molecule has 0 saturated carbocycles. The highest BCUT2D eigenvalue weighted by Crippen LogP contribution is 2.07. The Hall–Kier alpha value is -1.15. The molecule has 4 nitrogen and oxygen atoms in total. The van der Waals surface area contributed by atoms with Crippen LogP contribution in [0.15, 0.2) is 40.3 Å². The summed E-state index contributed by atoms with van der Waals surface area (Å²) >= 11 is 1.71. The molecule has 0 unspecified atom stereocenters. The van der Waals surface area contributed by atoms with E-state index in [2.05, 4.69) is 57.4 Å². The largest absolute Gasteiger partial charge is 0.357 e. The summed E-state index contributed by atoms with van der Waals surface area (Å²) in [5.41, 5.74) is 3.81. The molecule has 2 aromatic rings. The molecule has 22 heavy (non-hydrogen) atoms. The lowest BCUT2D eigenvalue weighted by molar-refractivity contribution is 0.796. The van der Waals surface area contributed by atoms with E-state index in [0.29, 0.717) is 6.54 Å². The second-order valence-electron chi connectivity index (χ2n) is 4.81. The van der Waals surface area contributed by atoms with Crippen molar-refractivity contribution < 1.29 is 0 Å². The molecule has 0 radical (unpaired) electrons. The van der Waals surface area contributed by atoms with Gasteiger partial charge in [-0.3, -0.25) is 4.98 Å². The zero-order valence-corrected chi connectivity index (χ0v) is 16.2. The van der Waals surface area contributed by atoms with Gasteiger partial charge in [0.15, 0.2) is 5.96 Å². The van der Waals surface area contributed by atoms with Crippen molar-refractivity contribution >= 4 is 41.3 Å². The molecule has 0 atom stereocenters. The van der Waals surface area contributed by atoms with Crippen LogP contribution in [0.25, 0.3) is 0 Å². The number of thiophene rings is 1. The molecule has 0 fully saturated rings.